The molecule has 16 nitrogen and oxygen atoms in total. The van der Waals surface area contributed by atoms with Crippen molar-refractivity contribution < 1.29 is 34.2 Å². The fraction of sp³-hybridized carbons (Fsp3) is 0.464. The van der Waals surface area contributed by atoms with Gasteiger partial charge >= 0.3 is 6.09 Å². The second-order valence-electron chi connectivity index (χ2n) is 10.6. The average molecular weight is 609 g/mol. The number of likely N-dealkylation sites (tertiary alicyclic amines) is 1. The Morgan fingerprint density at radius 1 is 1.23 bits per heavy atom. The molecule has 1 aliphatic heterocycles. The highest BCUT2D eigenvalue weighted by Crippen LogP contribution is 2.24. The highest BCUT2D eigenvalue weighted by molar-refractivity contribution is 5.82. The summed E-state index contributed by atoms with van der Waals surface area (Å²) in [5.74, 6) is 6.13. The molecular formula is C28H32N8O8. The number of aromatic nitrogens is 4. The third-order valence-corrected chi connectivity index (χ3v) is 7.30. The Balaban J connectivity index is 1.16. The number of nitrogen functional groups attached to an aromatic ring is 1. The Morgan fingerprint density at radius 3 is 2.70 bits per heavy atom. The summed E-state index contributed by atoms with van der Waals surface area (Å²) in [7, 11) is 0. The van der Waals surface area contributed by atoms with Gasteiger partial charge in [-0.25, -0.2) is 19.7 Å². The van der Waals surface area contributed by atoms with Crippen LogP contribution in [0.3, 0.4) is 0 Å². The van der Waals surface area contributed by atoms with Crippen molar-refractivity contribution in [2.45, 2.75) is 57.1 Å². The molecule has 2 fully saturated rings. The largest absolute Gasteiger partial charge is 0.415 e. The SMILES string of the molecule is Nc1nc(C#CCC2CCN(C(=O)Oc3cccc([N+](=O)[O-])c3)CC2)nc2c1ncn2CO[C@H](C(=O)NC1CC1)C(O)CO. The van der Waals surface area contributed by atoms with Crippen LogP contribution in [0.5, 0.6) is 5.75 Å². The molecule has 0 bridgehead atoms. The van der Waals surface area contributed by atoms with Crippen LogP contribution in [0.2, 0.25) is 0 Å². The molecule has 5 N–H and O–H groups in total. The number of nitro groups is 1. The lowest BCUT2D eigenvalue weighted by molar-refractivity contribution is -0.384. The van der Waals surface area contributed by atoms with Crippen molar-refractivity contribution in [2.75, 3.05) is 25.4 Å². The lowest BCUT2D eigenvalue weighted by Crippen LogP contribution is -2.46. The Bertz CT molecular complexity index is 1590. The van der Waals surface area contributed by atoms with E-state index in [0.29, 0.717) is 43.5 Å². The van der Waals surface area contributed by atoms with E-state index in [9.17, 15) is 29.9 Å². The lowest BCUT2D eigenvalue weighted by Gasteiger charge is -2.30. The first-order valence-corrected chi connectivity index (χ1v) is 14.1. The number of aliphatic hydroxyl groups is 2. The van der Waals surface area contributed by atoms with E-state index in [1.807, 2.05) is 0 Å². The van der Waals surface area contributed by atoms with Gasteiger partial charge in [-0.1, -0.05) is 12.0 Å². The molecule has 2 aromatic heterocycles. The molecule has 1 aromatic carbocycles. The smallest absolute Gasteiger partial charge is 0.410 e. The van der Waals surface area contributed by atoms with Crippen molar-refractivity contribution in [2.24, 2.45) is 5.92 Å². The number of aliphatic hydroxyl groups excluding tert-OH is 2. The Hall–Kier alpha value is -4.85. The number of hydrogen-bond acceptors (Lipinski definition) is 12. The van der Waals surface area contributed by atoms with E-state index in [1.165, 1.54) is 35.2 Å². The first-order valence-electron chi connectivity index (χ1n) is 14.1. The molecule has 0 radical (unpaired) electrons. The molecule has 2 amide bonds. The maximum absolute atomic E-state index is 12.5. The zero-order valence-corrected chi connectivity index (χ0v) is 23.7. The van der Waals surface area contributed by atoms with E-state index in [4.69, 9.17) is 15.2 Å². The molecule has 44 heavy (non-hydrogen) atoms. The normalized spacial score (nSPS) is 16.5. The van der Waals surface area contributed by atoms with Gasteiger partial charge in [0.15, 0.2) is 17.6 Å². The quantitative estimate of drug-likeness (QED) is 0.143. The minimum absolute atomic E-state index is 0.0547. The van der Waals surface area contributed by atoms with Crippen molar-refractivity contribution in [3.63, 3.8) is 0 Å². The van der Waals surface area contributed by atoms with Crippen LogP contribution in [0, 0.1) is 27.9 Å². The molecular weight excluding hydrogens is 576 g/mol. The van der Waals surface area contributed by atoms with Crippen molar-refractivity contribution in [1.82, 2.24) is 29.7 Å². The molecule has 1 saturated heterocycles. The molecule has 1 aliphatic carbocycles. The highest BCUT2D eigenvalue weighted by atomic mass is 16.6. The predicted molar refractivity (Wildman–Crippen MR) is 154 cm³/mol. The van der Waals surface area contributed by atoms with Gasteiger partial charge in [-0.2, -0.15) is 0 Å². The summed E-state index contributed by atoms with van der Waals surface area (Å²) in [6.45, 7) is 0.0757. The highest BCUT2D eigenvalue weighted by Gasteiger charge is 2.32. The molecule has 16 heteroatoms. The Kier molecular flexibility index (Phi) is 9.48. The number of imidazole rings is 1. The summed E-state index contributed by atoms with van der Waals surface area (Å²) >= 11 is 0. The topological polar surface area (TPSA) is 221 Å². The van der Waals surface area contributed by atoms with Crippen molar-refractivity contribution in [1.29, 1.82) is 0 Å². The van der Waals surface area contributed by atoms with Gasteiger partial charge < -0.3 is 35.6 Å². The van der Waals surface area contributed by atoms with E-state index in [2.05, 4.69) is 32.1 Å². The first-order chi connectivity index (χ1) is 21.2. The van der Waals surface area contributed by atoms with Crippen LogP contribution in [0.1, 0.15) is 37.9 Å². The molecule has 0 spiro atoms. The number of ether oxygens (including phenoxy) is 2. The molecule has 3 aromatic rings. The minimum Gasteiger partial charge on any atom is -0.410 e. The average Bonchev–Trinajstić information content (AvgIpc) is 3.74. The summed E-state index contributed by atoms with van der Waals surface area (Å²) in [5.41, 5.74) is 6.58. The maximum atomic E-state index is 12.5. The number of carbonyl (C=O) groups excluding carboxylic acids is 2. The predicted octanol–water partition coefficient (Wildman–Crippen LogP) is 0.944. The number of non-ortho nitro benzene ring substituents is 1. The van der Waals surface area contributed by atoms with Gasteiger partial charge in [0.2, 0.25) is 5.82 Å². The standard InChI is InChI=1S/C28H32N8O8/c29-25-23-26(35(15-30-23)16-43-24(21(38)14-37)27(39)31-18-7-8-18)33-22(32-25)6-1-3-17-9-11-34(12-10-17)28(40)44-20-5-2-4-19(13-20)36(41)42/h2,4-5,13,15,17-18,21,24,37-38H,3,7-12,14,16H2,(H,31,39)(H2,29,32,33)/t21?,24-/m0/s1. The van der Waals surface area contributed by atoms with Gasteiger partial charge in [0.05, 0.1) is 23.9 Å². The van der Waals surface area contributed by atoms with Crippen LogP contribution < -0.4 is 15.8 Å². The van der Waals surface area contributed by atoms with Crippen molar-refractivity contribution in [3.05, 3.63) is 46.5 Å². The summed E-state index contributed by atoms with van der Waals surface area (Å²) in [6, 6.07) is 5.54. The van der Waals surface area contributed by atoms with E-state index in [0.717, 1.165) is 12.8 Å². The molecule has 232 valence electrons. The fourth-order valence-corrected chi connectivity index (χ4v) is 4.67. The van der Waals surface area contributed by atoms with E-state index in [-0.39, 0.29) is 41.8 Å². The second-order valence-corrected chi connectivity index (χ2v) is 10.6. The number of nitro benzene ring substituents is 1. The number of piperidine rings is 1. The van der Waals surface area contributed by atoms with E-state index in [1.54, 1.807) is 4.90 Å². The summed E-state index contributed by atoms with van der Waals surface area (Å²) < 4.78 is 12.5. The number of anilines is 1. The summed E-state index contributed by atoms with van der Waals surface area (Å²) in [4.78, 5) is 49.9. The molecule has 1 unspecified atom stereocenters. The molecule has 3 heterocycles. The Labute approximate surface area is 251 Å². The van der Waals surface area contributed by atoms with Gasteiger partial charge in [0.25, 0.3) is 11.6 Å². The Morgan fingerprint density at radius 2 is 2.00 bits per heavy atom. The molecule has 2 aliphatic rings. The van der Waals surface area contributed by atoms with E-state index >= 15 is 0 Å². The van der Waals surface area contributed by atoms with Gasteiger partial charge in [-0.15, -0.1) is 0 Å². The lowest BCUT2D eigenvalue weighted by atomic mass is 9.94. The number of nitrogens with two attached hydrogens (primary N) is 1. The zero-order valence-electron chi connectivity index (χ0n) is 23.7. The van der Waals surface area contributed by atoms with Gasteiger partial charge in [-0.05, 0) is 43.6 Å². The van der Waals surface area contributed by atoms with Gasteiger partial charge in [-0.3, -0.25) is 19.5 Å². The third kappa shape index (κ3) is 7.56. The fourth-order valence-electron chi connectivity index (χ4n) is 4.67. The van der Waals surface area contributed by atoms with Crippen LogP contribution in [-0.2, 0) is 16.3 Å². The van der Waals surface area contributed by atoms with Crippen LogP contribution in [0.4, 0.5) is 16.3 Å². The number of nitrogens with zero attached hydrogens (tertiary/aromatic N) is 6. The van der Waals surface area contributed by atoms with Crippen molar-refractivity contribution >= 4 is 34.7 Å². The van der Waals surface area contributed by atoms with Crippen LogP contribution in [0.15, 0.2) is 30.6 Å². The number of hydrogen-bond donors (Lipinski definition) is 4. The van der Waals surface area contributed by atoms with Crippen molar-refractivity contribution in [3.8, 4) is 17.6 Å². The number of amides is 2. The van der Waals surface area contributed by atoms with Crippen LogP contribution in [-0.4, -0.2) is 89.5 Å². The number of fused-ring (bicyclic) bond motifs is 1. The van der Waals surface area contributed by atoms with Gasteiger partial charge in [0, 0.05) is 31.6 Å². The summed E-state index contributed by atoms with van der Waals surface area (Å²) in [5, 5.41) is 33.2. The van der Waals surface area contributed by atoms with E-state index < -0.39 is 35.7 Å². The number of benzene rings is 1. The second kappa shape index (κ2) is 13.6. The summed E-state index contributed by atoms with van der Waals surface area (Å²) in [6.07, 6.45) is 1.81. The third-order valence-electron chi connectivity index (χ3n) is 7.30. The molecule has 2 atom stereocenters. The zero-order chi connectivity index (χ0) is 31.2. The molecule has 5 rings (SSSR count). The maximum Gasteiger partial charge on any atom is 0.415 e. The number of rotatable bonds is 10. The van der Waals surface area contributed by atoms with Crippen LogP contribution >= 0.6 is 0 Å². The minimum atomic E-state index is -1.41. The molecule has 1 saturated carbocycles. The van der Waals surface area contributed by atoms with Gasteiger partial charge in [0.1, 0.15) is 24.1 Å². The monoisotopic (exact) mass is 608 g/mol. The number of carbonyl (C=O) groups is 2. The van der Waals surface area contributed by atoms with Crippen LogP contribution in [0.25, 0.3) is 11.2 Å². The number of nitrogens with one attached hydrogen (secondary N) is 1. The first kappa shape index (κ1) is 30.6.